The number of carboxylic acids is 1. The topological polar surface area (TPSA) is 65.8 Å². The number of carbonyl (C=O) groups excluding carboxylic acids is 1. The minimum atomic E-state index is -0.736. The van der Waals surface area contributed by atoms with E-state index in [1.54, 1.807) is 0 Å². The number of carboxylic acid groups (broad SMARTS) is 1. The molecule has 2 saturated heterocycles. The molecule has 0 radical (unpaired) electrons. The first kappa shape index (κ1) is 21.7. The van der Waals surface area contributed by atoms with Crippen molar-refractivity contribution < 1.29 is 14.7 Å². The highest BCUT2D eigenvalue weighted by atomic mass is 16.4. The average Bonchev–Trinajstić information content (AvgIpc) is 3.22. The van der Waals surface area contributed by atoms with Gasteiger partial charge >= 0.3 is 5.97 Å². The van der Waals surface area contributed by atoms with Crippen LogP contribution in [0.5, 0.6) is 0 Å². The van der Waals surface area contributed by atoms with E-state index >= 15 is 0 Å². The molecule has 3 aromatic rings. The molecule has 1 amide bonds. The predicted octanol–water partition coefficient (Wildman–Crippen LogP) is 4.17. The minimum absolute atomic E-state index is 0.00492. The largest absolute Gasteiger partial charge is 0.481 e. The summed E-state index contributed by atoms with van der Waals surface area (Å²) < 4.78 is 2.33. The zero-order valence-corrected chi connectivity index (χ0v) is 18.9. The van der Waals surface area contributed by atoms with Crippen molar-refractivity contribution in [2.75, 3.05) is 26.2 Å². The van der Waals surface area contributed by atoms with Crippen molar-refractivity contribution in [2.45, 2.75) is 32.2 Å². The van der Waals surface area contributed by atoms with E-state index in [4.69, 9.17) is 0 Å². The molecule has 2 aliphatic rings. The molecule has 0 spiro atoms. The van der Waals surface area contributed by atoms with Crippen molar-refractivity contribution >= 4 is 22.8 Å². The minimum Gasteiger partial charge on any atom is -0.481 e. The second-order valence-electron chi connectivity index (χ2n) is 9.38. The molecule has 1 N–H and O–H groups in total. The molecule has 5 rings (SSSR count). The van der Waals surface area contributed by atoms with Crippen LogP contribution in [-0.2, 0) is 16.1 Å². The lowest BCUT2D eigenvalue weighted by molar-refractivity contribution is -0.147. The predicted molar refractivity (Wildman–Crippen MR) is 128 cm³/mol. The standard InChI is InChI=1S/C27H31N3O3/c31-26(29-15-12-20(13-16-29)27(32)33)22-8-6-14-28(18-22)19-24-17-21-7-4-5-11-25(21)30(24)23-9-2-1-3-10-23/h1-5,7,9-11,17,20,22H,6,8,12-16,18-19H2,(H,32,33). The molecule has 6 nitrogen and oxygen atoms in total. The van der Waals surface area contributed by atoms with Crippen molar-refractivity contribution in [1.29, 1.82) is 0 Å². The van der Waals surface area contributed by atoms with Gasteiger partial charge in [0.05, 0.1) is 17.4 Å². The van der Waals surface area contributed by atoms with Gasteiger partial charge in [-0.25, -0.2) is 0 Å². The summed E-state index contributed by atoms with van der Waals surface area (Å²) in [6, 6.07) is 21.2. The Morgan fingerprint density at radius 1 is 0.879 bits per heavy atom. The third-order valence-corrected chi connectivity index (χ3v) is 7.20. The lowest BCUT2D eigenvalue weighted by Crippen LogP contribution is -2.47. The Balaban J connectivity index is 1.31. The molecule has 0 aliphatic carbocycles. The van der Waals surface area contributed by atoms with E-state index in [2.05, 4.69) is 64.1 Å². The van der Waals surface area contributed by atoms with Crippen molar-refractivity contribution in [1.82, 2.24) is 14.4 Å². The molecule has 3 heterocycles. The van der Waals surface area contributed by atoms with E-state index in [0.717, 1.165) is 38.2 Å². The summed E-state index contributed by atoms with van der Waals surface area (Å²) in [7, 11) is 0. The molecule has 0 saturated carbocycles. The van der Waals surface area contributed by atoms with E-state index in [1.165, 1.54) is 16.6 Å². The zero-order chi connectivity index (χ0) is 22.8. The maximum absolute atomic E-state index is 13.2. The van der Waals surface area contributed by atoms with Crippen LogP contribution in [0.25, 0.3) is 16.6 Å². The number of likely N-dealkylation sites (tertiary alicyclic amines) is 2. The van der Waals surface area contributed by atoms with Crippen molar-refractivity contribution in [3.8, 4) is 5.69 Å². The normalized spacial score (nSPS) is 20.2. The van der Waals surface area contributed by atoms with Gasteiger partial charge in [-0.3, -0.25) is 14.5 Å². The van der Waals surface area contributed by atoms with Crippen LogP contribution >= 0.6 is 0 Å². The van der Waals surface area contributed by atoms with Crippen molar-refractivity contribution in [3.05, 3.63) is 66.4 Å². The molecule has 1 aromatic heterocycles. The third-order valence-electron chi connectivity index (χ3n) is 7.20. The van der Waals surface area contributed by atoms with Crippen LogP contribution in [0.3, 0.4) is 0 Å². The first-order chi connectivity index (χ1) is 16.1. The Hall–Kier alpha value is -3.12. The number of nitrogens with zero attached hydrogens (tertiary/aromatic N) is 3. The van der Waals surface area contributed by atoms with Gasteiger partial charge in [0.15, 0.2) is 0 Å². The number of benzene rings is 2. The molecule has 2 aromatic carbocycles. The van der Waals surface area contributed by atoms with E-state index in [1.807, 2.05) is 11.0 Å². The molecule has 2 aliphatic heterocycles. The first-order valence-corrected chi connectivity index (χ1v) is 12.0. The number of aromatic nitrogens is 1. The highest BCUT2D eigenvalue weighted by Gasteiger charge is 2.33. The maximum atomic E-state index is 13.2. The number of piperidine rings is 2. The molecular formula is C27H31N3O3. The van der Waals surface area contributed by atoms with Gasteiger partial charge in [0.1, 0.15) is 0 Å². The van der Waals surface area contributed by atoms with Crippen LogP contribution in [0.4, 0.5) is 0 Å². The van der Waals surface area contributed by atoms with Crippen LogP contribution in [0, 0.1) is 11.8 Å². The fourth-order valence-electron chi connectivity index (χ4n) is 5.45. The Morgan fingerprint density at radius 3 is 2.36 bits per heavy atom. The van der Waals surface area contributed by atoms with Gasteiger partial charge in [0.2, 0.25) is 5.91 Å². The fraction of sp³-hybridized carbons (Fsp3) is 0.407. The SMILES string of the molecule is O=C(O)C1CCN(C(=O)C2CCCN(Cc3cc4ccccc4n3-c3ccccc3)C2)CC1. The molecular weight excluding hydrogens is 414 g/mol. The van der Waals surface area contributed by atoms with Gasteiger partial charge < -0.3 is 14.6 Å². The molecule has 1 unspecified atom stereocenters. The van der Waals surface area contributed by atoms with Gasteiger partial charge in [-0.15, -0.1) is 0 Å². The van der Waals surface area contributed by atoms with Crippen molar-refractivity contribution in [3.63, 3.8) is 0 Å². The Bertz CT molecular complexity index is 1130. The number of hydrogen-bond acceptors (Lipinski definition) is 3. The zero-order valence-electron chi connectivity index (χ0n) is 18.9. The Morgan fingerprint density at radius 2 is 1.61 bits per heavy atom. The smallest absolute Gasteiger partial charge is 0.306 e. The number of carbonyl (C=O) groups is 2. The highest BCUT2D eigenvalue weighted by Crippen LogP contribution is 2.28. The molecule has 172 valence electrons. The molecule has 33 heavy (non-hydrogen) atoms. The molecule has 6 heteroatoms. The monoisotopic (exact) mass is 445 g/mol. The summed E-state index contributed by atoms with van der Waals surface area (Å²) in [4.78, 5) is 28.7. The van der Waals surface area contributed by atoms with Crippen LogP contribution in [0.15, 0.2) is 60.7 Å². The number of amides is 1. The lowest BCUT2D eigenvalue weighted by Gasteiger charge is -2.37. The highest BCUT2D eigenvalue weighted by molar-refractivity contribution is 5.83. The number of para-hydroxylation sites is 2. The number of fused-ring (bicyclic) bond motifs is 1. The van der Waals surface area contributed by atoms with Gasteiger partial charge in [0.25, 0.3) is 0 Å². The molecule has 2 fully saturated rings. The first-order valence-electron chi connectivity index (χ1n) is 12.0. The Kier molecular flexibility index (Phi) is 6.18. The van der Waals surface area contributed by atoms with E-state index < -0.39 is 5.97 Å². The van der Waals surface area contributed by atoms with Gasteiger partial charge in [-0.1, -0.05) is 36.4 Å². The summed E-state index contributed by atoms with van der Waals surface area (Å²) in [6.45, 7) is 3.67. The van der Waals surface area contributed by atoms with Crippen LogP contribution in [0.2, 0.25) is 0 Å². The lowest BCUT2D eigenvalue weighted by atomic mass is 9.93. The molecule has 1 atom stereocenters. The van der Waals surface area contributed by atoms with E-state index in [0.29, 0.717) is 25.9 Å². The summed E-state index contributed by atoms with van der Waals surface area (Å²) in [5, 5.41) is 10.5. The summed E-state index contributed by atoms with van der Waals surface area (Å²) in [6.07, 6.45) is 3.05. The second-order valence-corrected chi connectivity index (χ2v) is 9.38. The average molecular weight is 446 g/mol. The number of hydrogen-bond donors (Lipinski definition) is 1. The van der Waals surface area contributed by atoms with E-state index in [9.17, 15) is 14.7 Å². The fourth-order valence-corrected chi connectivity index (χ4v) is 5.45. The molecule has 0 bridgehead atoms. The van der Waals surface area contributed by atoms with Gasteiger partial charge in [-0.05, 0) is 56.5 Å². The summed E-state index contributed by atoms with van der Waals surface area (Å²) in [5.74, 6) is -0.849. The second kappa shape index (κ2) is 9.40. The van der Waals surface area contributed by atoms with Crippen LogP contribution in [-0.4, -0.2) is 57.5 Å². The quantitative estimate of drug-likeness (QED) is 0.640. The Labute approximate surface area is 194 Å². The van der Waals surface area contributed by atoms with Crippen LogP contribution < -0.4 is 0 Å². The van der Waals surface area contributed by atoms with Gasteiger partial charge in [0, 0.05) is 42.9 Å². The summed E-state index contributed by atoms with van der Waals surface area (Å²) >= 11 is 0. The number of rotatable bonds is 5. The number of aliphatic carboxylic acids is 1. The van der Waals surface area contributed by atoms with Gasteiger partial charge in [-0.2, -0.15) is 0 Å². The van der Waals surface area contributed by atoms with E-state index in [-0.39, 0.29) is 17.7 Å². The summed E-state index contributed by atoms with van der Waals surface area (Å²) in [5.41, 5.74) is 3.59. The maximum Gasteiger partial charge on any atom is 0.306 e. The van der Waals surface area contributed by atoms with Crippen molar-refractivity contribution in [2.24, 2.45) is 11.8 Å². The third kappa shape index (κ3) is 4.53. The van der Waals surface area contributed by atoms with Crippen LogP contribution in [0.1, 0.15) is 31.4 Å².